The summed E-state index contributed by atoms with van der Waals surface area (Å²) in [5, 5.41) is 21.8. The number of esters is 2. The van der Waals surface area contributed by atoms with Crippen LogP contribution in [0, 0.1) is 23.2 Å². The molecule has 2 saturated carbocycles. The van der Waals surface area contributed by atoms with E-state index in [1.165, 1.54) is 0 Å². The number of carbonyl (C=O) groups is 2. The monoisotopic (exact) mass is 352 g/mol. The van der Waals surface area contributed by atoms with Gasteiger partial charge in [-0.15, -0.1) is 0 Å². The van der Waals surface area contributed by atoms with Crippen LogP contribution in [0.3, 0.4) is 0 Å². The van der Waals surface area contributed by atoms with Crippen LogP contribution in [0.5, 0.6) is 0 Å². The summed E-state index contributed by atoms with van der Waals surface area (Å²) in [6.45, 7) is 10.9. The smallest absolute Gasteiger partial charge is 0.334 e. The lowest BCUT2D eigenvalue weighted by Gasteiger charge is -2.59. The third-order valence-corrected chi connectivity index (χ3v) is 6.44. The summed E-state index contributed by atoms with van der Waals surface area (Å²) in [6, 6.07) is 0. The van der Waals surface area contributed by atoms with Gasteiger partial charge in [0, 0.05) is 16.9 Å². The first-order valence-electron chi connectivity index (χ1n) is 8.99. The number of carbonyl (C=O) groups excluding carboxylic acids is 2. The number of aliphatic hydroxyl groups excluding tert-OH is 1. The Hall–Kier alpha value is -1.40. The summed E-state index contributed by atoms with van der Waals surface area (Å²) in [4.78, 5) is 24.4. The molecule has 140 valence electrons. The van der Waals surface area contributed by atoms with E-state index in [2.05, 4.69) is 6.58 Å². The van der Waals surface area contributed by atoms with Gasteiger partial charge >= 0.3 is 11.9 Å². The fraction of sp³-hybridized carbons (Fsp3) is 0.789. The number of rotatable bonds is 2. The number of aliphatic hydroxyl groups is 2. The van der Waals surface area contributed by atoms with E-state index in [9.17, 15) is 19.8 Å². The molecule has 6 heteroatoms. The summed E-state index contributed by atoms with van der Waals surface area (Å²) < 4.78 is 11.3. The highest BCUT2D eigenvalue weighted by Gasteiger charge is 2.66. The van der Waals surface area contributed by atoms with Gasteiger partial charge in [0.25, 0.3) is 0 Å². The van der Waals surface area contributed by atoms with E-state index in [-0.39, 0.29) is 11.5 Å². The van der Waals surface area contributed by atoms with Crippen LogP contribution in [0.15, 0.2) is 12.2 Å². The van der Waals surface area contributed by atoms with Gasteiger partial charge in [0.15, 0.2) is 0 Å². The quantitative estimate of drug-likeness (QED) is 0.579. The maximum Gasteiger partial charge on any atom is 0.334 e. The van der Waals surface area contributed by atoms with E-state index in [0.717, 1.165) is 0 Å². The Bertz CT molecular complexity index is 609. The second-order valence-electron chi connectivity index (χ2n) is 8.65. The van der Waals surface area contributed by atoms with Gasteiger partial charge in [-0.25, -0.2) is 4.79 Å². The Balaban J connectivity index is 2.07. The SMILES string of the molecule is C=C1C(=O)OC2CC3(C)C(O)CCC(C)(O)C3C(OC(=O)C(C)C)C12. The molecular weight excluding hydrogens is 324 g/mol. The highest BCUT2D eigenvalue weighted by atomic mass is 16.6. The number of ether oxygens (including phenoxy) is 2. The van der Waals surface area contributed by atoms with E-state index in [0.29, 0.717) is 19.3 Å². The molecule has 3 fully saturated rings. The molecule has 2 aliphatic carbocycles. The molecule has 0 aromatic rings. The molecule has 1 aliphatic heterocycles. The average molecular weight is 352 g/mol. The van der Waals surface area contributed by atoms with Gasteiger partial charge in [-0.05, 0) is 26.2 Å². The van der Waals surface area contributed by atoms with Crippen LogP contribution in [-0.4, -0.2) is 46.1 Å². The molecule has 0 aromatic carbocycles. The van der Waals surface area contributed by atoms with Gasteiger partial charge < -0.3 is 19.7 Å². The third-order valence-electron chi connectivity index (χ3n) is 6.44. The second kappa shape index (κ2) is 5.81. The molecule has 3 aliphatic rings. The van der Waals surface area contributed by atoms with Crippen LogP contribution >= 0.6 is 0 Å². The van der Waals surface area contributed by atoms with Gasteiger partial charge in [0.05, 0.1) is 23.5 Å². The Morgan fingerprint density at radius 3 is 2.64 bits per heavy atom. The topological polar surface area (TPSA) is 93.1 Å². The first-order chi connectivity index (χ1) is 11.5. The first-order valence-corrected chi connectivity index (χ1v) is 8.99. The molecule has 1 saturated heterocycles. The maximum absolute atomic E-state index is 12.3. The van der Waals surface area contributed by atoms with Crippen molar-refractivity contribution in [3.8, 4) is 0 Å². The zero-order valence-electron chi connectivity index (χ0n) is 15.3. The summed E-state index contributed by atoms with van der Waals surface area (Å²) in [6.07, 6.45) is -0.621. The van der Waals surface area contributed by atoms with Crippen molar-refractivity contribution in [1.29, 1.82) is 0 Å². The summed E-state index contributed by atoms with van der Waals surface area (Å²) >= 11 is 0. The van der Waals surface area contributed by atoms with Crippen LogP contribution in [0.2, 0.25) is 0 Å². The molecule has 0 spiro atoms. The first kappa shape index (κ1) is 18.4. The maximum atomic E-state index is 12.3. The molecule has 1 heterocycles. The van der Waals surface area contributed by atoms with Gasteiger partial charge in [-0.2, -0.15) is 0 Å². The summed E-state index contributed by atoms with van der Waals surface area (Å²) in [5.74, 6) is -2.20. The molecule has 0 bridgehead atoms. The standard InChI is InChI=1S/C19H28O6/c1-9(2)16(21)25-14-13-10(3)17(22)24-11(13)8-18(4)12(20)6-7-19(5,23)15(14)18/h9,11-15,20,23H,3,6-8H2,1-2,4-5H3. The number of fused-ring (bicyclic) bond motifs is 2. The van der Waals surface area contributed by atoms with Crippen LogP contribution in [0.25, 0.3) is 0 Å². The van der Waals surface area contributed by atoms with Crippen LogP contribution in [-0.2, 0) is 19.1 Å². The van der Waals surface area contributed by atoms with E-state index in [4.69, 9.17) is 9.47 Å². The van der Waals surface area contributed by atoms with Crippen molar-refractivity contribution in [1.82, 2.24) is 0 Å². The van der Waals surface area contributed by atoms with E-state index in [1.54, 1.807) is 20.8 Å². The lowest BCUT2D eigenvalue weighted by atomic mass is 9.50. The van der Waals surface area contributed by atoms with Crippen molar-refractivity contribution in [3.63, 3.8) is 0 Å². The number of hydrogen-bond donors (Lipinski definition) is 2. The minimum Gasteiger partial charge on any atom is -0.461 e. The average Bonchev–Trinajstić information content (AvgIpc) is 2.77. The zero-order chi connectivity index (χ0) is 18.7. The lowest BCUT2D eigenvalue weighted by Crippen LogP contribution is -2.66. The van der Waals surface area contributed by atoms with E-state index >= 15 is 0 Å². The summed E-state index contributed by atoms with van der Waals surface area (Å²) in [7, 11) is 0. The van der Waals surface area contributed by atoms with Gasteiger partial charge in [-0.1, -0.05) is 27.4 Å². The fourth-order valence-corrected chi connectivity index (χ4v) is 5.10. The van der Waals surface area contributed by atoms with Crippen molar-refractivity contribution in [3.05, 3.63) is 12.2 Å². The molecule has 0 amide bonds. The molecule has 7 atom stereocenters. The van der Waals surface area contributed by atoms with Crippen molar-refractivity contribution >= 4 is 11.9 Å². The molecule has 6 nitrogen and oxygen atoms in total. The molecule has 0 aromatic heterocycles. The molecular formula is C19H28O6. The van der Waals surface area contributed by atoms with Crippen molar-refractivity contribution in [2.24, 2.45) is 23.2 Å². The molecule has 0 radical (unpaired) electrons. The van der Waals surface area contributed by atoms with Crippen molar-refractivity contribution in [2.75, 3.05) is 0 Å². The van der Waals surface area contributed by atoms with Crippen LogP contribution < -0.4 is 0 Å². The Labute approximate surface area is 148 Å². The predicted octanol–water partition coefficient (Wildman–Crippen LogP) is 1.58. The van der Waals surface area contributed by atoms with E-state index in [1.807, 2.05) is 6.92 Å². The van der Waals surface area contributed by atoms with Crippen LogP contribution in [0.4, 0.5) is 0 Å². The Morgan fingerprint density at radius 1 is 1.40 bits per heavy atom. The highest BCUT2D eigenvalue weighted by molar-refractivity contribution is 5.91. The molecule has 3 rings (SSSR count). The second-order valence-corrected chi connectivity index (χ2v) is 8.65. The predicted molar refractivity (Wildman–Crippen MR) is 89.3 cm³/mol. The lowest BCUT2D eigenvalue weighted by molar-refractivity contribution is -0.237. The third kappa shape index (κ3) is 2.70. The number of hydrogen-bond acceptors (Lipinski definition) is 6. The largest absolute Gasteiger partial charge is 0.461 e. The van der Waals surface area contributed by atoms with E-state index < -0.39 is 53.1 Å². The van der Waals surface area contributed by atoms with Crippen molar-refractivity contribution in [2.45, 2.75) is 70.9 Å². The summed E-state index contributed by atoms with van der Waals surface area (Å²) in [5.41, 5.74) is -1.55. The fourth-order valence-electron chi connectivity index (χ4n) is 5.10. The van der Waals surface area contributed by atoms with Gasteiger partial charge in [0.1, 0.15) is 12.2 Å². The highest BCUT2D eigenvalue weighted by Crippen LogP contribution is 2.59. The van der Waals surface area contributed by atoms with Crippen molar-refractivity contribution < 1.29 is 29.3 Å². The normalized spacial score (nSPS) is 46.4. The molecule has 7 unspecified atom stereocenters. The van der Waals surface area contributed by atoms with Gasteiger partial charge in [0.2, 0.25) is 0 Å². The molecule has 2 N–H and O–H groups in total. The zero-order valence-corrected chi connectivity index (χ0v) is 15.3. The Morgan fingerprint density at radius 2 is 2.04 bits per heavy atom. The van der Waals surface area contributed by atoms with Crippen LogP contribution in [0.1, 0.15) is 47.0 Å². The molecule has 25 heavy (non-hydrogen) atoms. The minimum atomic E-state index is -1.12. The van der Waals surface area contributed by atoms with Gasteiger partial charge in [-0.3, -0.25) is 4.79 Å². The Kier molecular flexibility index (Phi) is 4.27. The minimum absolute atomic E-state index is 0.282.